The monoisotopic (exact) mass is 220 g/mol. The van der Waals surface area contributed by atoms with Crippen LogP contribution in [0.1, 0.15) is 46.0 Å². The summed E-state index contributed by atoms with van der Waals surface area (Å²) in [5.74, 6) is 0.640. The Hall–Kier alpha value is -0.820. The number of allylic oxidation sites excluding steroid dienone is 4. The molecule has 0 aliphatic heterocycles. The SMILES string of the molecule is C=C(CCC=C(C)C)C1CC=C(CO)CC1. The van der Waals surface area contributed by atoms with Gasteiger partial charge in [-0.1, -0.05) is 29.9 Å². The Morgan fingerprint density at radius 1 is 1.56 bits per heavy atom. The first-order valence-electron chi connectivity index (χ1n) is 6.23. The van der Waals surface area contributed by atoms with Gasteiger partial charge in [0, 0.05) is 0 Å². The Balaban J connectivity index is 2.34. The maximum atomic E-state index is 9.02. The molecule has 90 valence electrons. The van der Waals surface area contributed by atoms with E-state index >= 15 is 0 Å². The molecular weight excluding hydrogens is 196 g/mol. The summed E-state index contributed by atoms with van der Waals surface area (Å²) in [6.07, 6.45) is 9.99. The van der Waals surface area contributed by atoms with Crippen LogP contribution in [-0.2, 0) is 0 Å². The zero-order valence-corrected chi connectivity index (χ0v) is 10.6. The highest BCUT2D eigenvalue weighted by molar-refractivity contribution is 5.14. The van der Waals surface area contributed by atoms with E-state index in [4.69, 9.17) is 5.11 Å². The zero-order chi connectivity index (χ0) is 12.0. The van der Waals surface area contributed by atoms with Crippen molar-refractivity contribution in [1.82, 2.24) is 0 Å². The molecule has 1 unspecified atom stereocenters. The van der Waals surface area contributed by atoms with E-state index in [1.54, 1.807) is 0 Å². The fourth-order valence-corrected chi connectivity index (χ4v) is 2.15. The molecule has 0 aromatic rings. The topological polar surface area (TPSA) is 20.2 Å². The number of hydrogen-bond acceptors (Lipinski definition) is 1. The van der Waals surface area contributed by atoms with Gasteiger partial charge >= 0.3 is 0 Å². The van der Waals surface area contributed by atoms with Crippen molar-refractivity contribution >= 4 is 0 Å². The number of rotatable bonds is 5. The average Bonchev–Trinajstić information content (AvgIpc) is 2.28. The second kappa shape index (κ2) is 6.70. The smallest absolute Gasteiger partial charge is 0.0641 e. The van der Waals surface area contributed by atoms with Crippen LogP contribution in [0, 0.1) is 5.92 Å². The van der Waals surface area contributed by atoms with Crippen LogP contribution >= 0.6 is 0 Å². The lowest BCUT2D eigenvalue weighted by Crippen LogP contribution is -2.09. The van der Waals surface area contributed by atoms with Crippen molar-refractivity contribution in [3.8, 4) is 0 Å². The van der Waals surface area contributed by atoms with Crippen molar-refractivity contribution < 1.29 is 5.11 Å². The molecule has 0 saturated carbocycles. The van der Waals surface area contributed by atoms with Gasteiger partial charge in [0.1, 0.15) is 0 Å². The van der Waals surface area contributed by atoms with Crippen molar-refractivity contribution in [3.63, 3.8) is 0 Å². The molecule has 0 radical (unpaired) electrons. The molecule has 0 bridgehead atoms. The van der Waals surface area contributed by atoms with Crippen molar-refractivity contribution in [3.05, 3.63) is 35.5 Å². The first kappa shape index (κ1) is 13.2. The molecule has 1 aliphatic rings. The first-order valence-corrected chi connectivity index (χ1v) is 6.23. The third kappa shape index (κ3) is 4.36. The van der Waals surface area contributed by atoms with E-state index in [0.717, 1.165) is 25.7 Å². The van der Waals surface area contributed by atoms with Crippen LogP contribution in [0.2, 0.25) is 0 Å². The molecule has 0 spiro atoms. The van der Waals surface area contributed by atoms with E-state index in [-0.39, 0.29) is 6.61 Å². The van der Waals surface area contributed by atoms with Crippen LogP contribution in [0.4, 0.5) is 0 Å². The maximum Gasteiger partial charge on any atom is 0.0641 e. The van der Waals surface area contributed by atoms with E-state index in [9.17, 15) is 0 Å². The third-order valence-electron chi connectivity index (χ3n) is 3.30. The van der Waals surface area contributed by atoms with Crippen LogP contribution in [0.5, 0.6) is 0 Å². The van der Waals surface area contributed by atoms with Crippen LogP contribution in [-0.4, -0.2) is 11.7 Å². The maximum absolute atomic E-state index is 9.02. The van der Waals surface area contributed by atoms with E-state index in [0.29, 0.717) is 5.92 Å². The van der Waals surface area contributed by atoms with Gasteiger partial charge in [-0.15, -0.1) is 0 Å². The van der Waals surface area contributed by atoms with Gasteiger partial charge in [0.2, 0.25) is 0 Å². The van der Waals surface area contributed by atoms with Crippen LogP contribution < -0.4 is 0 Å². The Morgan fingerprint density at radius 2 is 2.31 bits per heavy atom. The summed E-state index contributed by atoms with van der Waals surface area (Å²) in [4.78, 5) is 0. The summed E-state index contributed by atoms with van der Waals surface area (Å²) in [6, 6.07) is 0. The van der Waals surface area contributed by atoms with Crippen molar-refractivity contribution in [2.75, 3.05) is 6.61 Å². The lowest BCUT2D eigenvalue weighted by Gasteiger charge is -2.23. The number of hydrogen-bond donors (Lipinski definition) is 1. The average molecular weight is 220 g/mol. The second-order valence-corrected chi connectivity index (χ2v) is 4.97. The Labute approximate surface area is 99.6 Å². The molecule has 0 heterocycles. The van der Waals surface area contributed by atoms with Crippen molar-refractivity contribution in [2.45, 2.75) is 46.0 Å². The molecule has 0 amide bonds. The Bertz CT molecular complexity index is 293. The predicted octanol–water partition coefficient (Wildman–Crippen LogP) is 4.01. The Kier molecular flexibility index (Phi) is 5.54. The van der Waals surface area contributed by atoms with Gasteiger partial charge in [-0.2, -0.15) is 0 Å². The van der Waals surface area contributed by atoms with E-state index in [1.165, 1.54) is 23.1 Å². The largest absolute Gasteiger partial charge is 0.392 e. The minimum atomic E-state index is 0.233. The molecule has 0 saturated heterocycles. The van der Waals surface area contributed by atoms with Gasteiger partial charge in [-0.25, -0.2) is 0 Å². The normalized spacial score (nSPS) is 20.2. The number of aliphatic hydroxyl groups is 1. The van der Waals surface area contributed by atoms with Crippen molar-refractivity contribution in [1.29, 1.82) is 0 Å². The summed E-state index contributed by atoms with van der Waals surface area (Å²) < 4.78 is 0. The highest BCUT2D eigenvalue weighted by Crippen LogP contribution is 2.30. The van der Waals surface area contributed by atoms with E-state index in [2.05, 4.69) is 32.6 Å². The lowest BCUT2D eigenvalue weighted by molar-refractivity contribution is 0.318. The van der Waals surface area contributed by atoms with Gasteiger partial charge in [-0.3, -0.25) is 0 Å². The highest BCUT2D eigenvalue weighted by Gasteiger charge is 2.16. The van der Waals surface area contributed by atoms with Crippen LogP contribution in [0.15, 0.2) is 35.5 Å². The minimum Gasteiger partial charge on any atom is -0.392 e. The first-order chi connectivity index (χ1) is 7.63. The molecule has 0 fully saturated rings. The molecule has 1 atom stereocenters. The van der Waals surface area contributed by atoms with Gasteiger partial charge in [0.05, 0.1) is 6.61 Å². The predicted molar refractivity (Wildman–Crippen MR) is 70.3 cm³/mol. The zero-order valence-electron chi connectivity index (χ0n) is 10.6. The third-order valence-corrected chi connectivity index (χ3v) is 3.30. The van der Waals surface area contributed by atoms with Crippen molar-refractivity contribution in [2.24, 2.45) is 5.92 Å². The number of aliphatic hydroxyl groups excluding tert-OH is 1. The van der Waals surface area contributed by atoms with E-state index in [1.807, 2.05) is 0 Å². The highest BCUT2D eigenvalue weighted by atomic mass is 16.3. The van der Waals surface area contributed by atoms with Gasteiger partial charge in [0.15, 0.2) is 0 Å². The standard InChI is InChI=1S/C15H24O/c1-12(2)5-4-6-13(3)15-9-7-14(11-16)8-10-15/h5,7,15-16H,3-4,6,8-11H2,1-2H3. The molecule has 1 rings (SSSR count). The fourth-order valence-electron chi connectivity index (χ4n) is 2.15. The van der Waals surface area contributed by atoms with Gasteiger partial charge < -0.3 is 5.11 Å². The second-order valence-electron chi connectivity index (χ2n) is 4.97. The van der Waals surface area contributed by atoms with Crippen LogP contribution in [0.3, 0.4) is 0 Å². The van der Waals surface area contributed by atoms with Crippen LogP contribution in [0.25, 0.3) is 0 Å². The molecular formula is C15H24O. The summed E-state index contributed by atoms with van der Waals surface area (Å²) in [5.41, 5.74) is 3.97. The summed E-state index contributed by atoms with van der Waals surface area (Å²) in [5, 5.41) is 9.02. The molecule has 0 aromatic carbocycles. The van der Waals surface area contributed by atoms with E-state index < -0.39 is 0 Å². The lowest BCUT2D eigenvalue weighted by atomic mass is 9.83. The molecule has 0 aromatic heterocycles. The summed E-state index contributed by atoms with van der Waals surface area (Å²) in [6.45, 7) is 8.72. The molecule has 1 nitrogen and oxygen atoms in total. The molecule has 16 heavy (non-hydrogen) atoms. The summed E-state index contributed by atoms with van der Waals surface area (Å²) >= 11 is 0. The minimum absolute atomic E-state index is 0.233. The molecule has 1 aliphatic carbocycles. The van der Waals surface area contributed by atoms with Gasteiger partial charge in [-0.05, 0) is 57.4 Å². The molecule has 1 N–H and O–H groups in total. The summed E-state index contributed by atoms with van der Waals surface area (Å²) in [7, 11) is 0. The fraction of sp³-hybridized carbons (Fsp3) is 0.600. The quantitative estimate of drug-likeness (QED) is 0.694. The van der Waals surface area contributed by atoms with Gasteiger partial charge in [0.25, 0.3) is 0 Å². The molecule has 1 heteroatoms. The Morgan fingerprint density at radius 3 is 2.81 bits per heavy atom.